The molecule has 1 aliphatic rings. The first kappa shape index (κ1) is 15.1. The topological polar surface area (TPSA) is 75.4 Å². The van der Waals surface area contributed by atoms with Crippen molar-refractivity contribution in [2.45, 2.75) is 25.8 Å². The Labute approximate surface area is 143 Å². The zero-order chi connectivity index (χ0) is 16.5. The Morgan fingerprint density at radius 3 is 2.96 bits per heavy atom. The molecule has 1 saturated heterocycles. The quantitative estimate of drug-likeness (QED) is 0.787. The molecule has 3 aromatic rings. The number of rotatable bonds is 3. The van der Waals surface area contributed by atoms with E-state index in [1.807, 2.05) is 29.8 Å². The average molecular weight is 342 g/mol. The molecule has 1 aliphatic heterocycles. The normalized spacial score (nSPS) is 15.8. The Morgan fingerprint density at radius 1 is 1.38 bits per heavy atom. The van der Waals surface area contributed by atoms with E-state index in [4.69, 9.17) is 0 Å². The minimum absolute atomic E-state index is 0.0214. The van der Waals surface area contributed by atoms with E-state index in [1.165, 1.54) is 6.33 Å². The average Bonchev–Trinajstić information content (AvgIpc) is 3.26. The summed E-state index contributed by atoms with van der Waals surface area (Å²) in [5, 5.41) is 11.2. The molecule has 124 valence electrons. The van der Waals surface area contributed by atoms with Gasteiger partial charge >= 0.3 is 0 Å². The van der Waals surface area contributed by atoms with Gasteiger partial charge in [-0.1, -0.05) is 0 Å². The van der Waals surface area contributed by atoms with Crippen LogP contribution in [0.15, 0.2) is 29.2 Å². The third-order valence-corrected chi connectivity index (χ3v) is 4.98. The number of hydrogen-bond acceptors (Lipinski definition) is 6. The maximum Gasteiger partial charge on any atom is 0.254 e. The van der Waals surface area contributed by atoms with Gasteiger partial charge in [0.2, 0.25) is 0 Å². The van der Waals surface area contributed by atoms with Gasteiger partial charge < -0.3 is 10.2 Å². The molecule has 1 N–H and O–H groups in total. The third kappa shape index (κ3) is 2.84. The van der Waals surface area contributed by atoms with E-state index < -0.39 is 0 Å². The van der Waals surface area contributed by atoms with Gasteiger partial charge in [-0.05, 0) is 31.2 Å². The monoisotopic (exact) mass is 342 g/mol. The van der Waals surface area contributed by atoms with Gasteiger partial charge in [0.15, 0.2) is 0 Å². The summed E-state index contributed by atoms with van der Waals surface area (Å²) >= 11 is 1.54. The summed E-state index contributed by atoms with van der Waals surface area (Å²) in [7, 11) is 0. The molecule has 3 aromatic heterocycles. The summed E-state index contributed by atoms with van der Waals surface area (Å²) in [4.78, 5) is 23.0. The molecule has 4 heterocycles. The summed E-state index contributed by atoms with van der Waals surface area (Å²) in [6.07, 6.45) is 3.35. The predicted octanol–water partition coefficient (Wildman–Crippen LogP) is 1.89. The highest BCUT2D eigenvalue weighted by Crippen LogP contribution is 2.21. The molecule has 0 atom stereocenters. The van der Waals surface area contributed by atoms with Crippen molar-refractivity contribution in [1.82, 2.24) is 24.9 Å². The smallest absolute Gasteiger partial charge is 0.254 e. The van der Waals surface area contributed by atoms with E-state index in [0.29, 0.717) is 5.78 Å². The van der Waals surface area contributed by atoms with Crippen LogP contribution in [0.5, 0.6) is 0 Å². The van der Waals surface area contributed by atoms with Crippen LogP contribution in [0.25, 0.3) is 5.78 Å². The zero-order valence-electron chi connectivity index (χ0n) is 13.3. The Morgan fingerprint density at radius 2 is 2.21 bits per heavy atom. The number of anilines is 1. The van der Waals surface area contributed by atoms with Gasteiger partial charge in [0.1, 0.15) is 12.1 Å². The molecule has 24 heavy (non-hydrogen) atoms. The molecule has 4 rings (SSSR count). The van der Waals surface area contributed by atoms with Crippen LogP contribution in [-0.4, -0.2) is 44.6 Å². The zero-order valence-corrected chi connectivity index (χ0v) is 14.2. The van der Waals surface area contributed by atoms with E-state index >= 15 is 0 Å². The van der Waals surface area contributed by atoms with Crippen molar-refractivity contribution in [3.05, 3.63) is 40.5 Å². The fourth-order valence-electron chi connectivity index (χ4n) is 3.05. The first-order valence-electron chi connectivity index (χ1n) is 7.96. The van der Waals surface area contributed by atoms with E-state index in [2.05, 4.69) is 25.3 Å². The maximum atomic E-state index is 12.2. The SMILES string of the molecule is Cc1cc(N2CCC(NC(=O)c3ccsc3)CC2)n2ncnc2n1. The third-order valence-electron chi connectivity index (χ3n) is 4.30. The van der Waals surface area contributed by atoms with Crippen LogP contribution < -0.4 is 10.2 Å². The number of aryl methyl sites for hydroxylation is 1. The lowest BCUT2D eigenvalue weighted by Gasteiger charge is -2.33. The Bertz CT molecular complexity index is 851. The molecule has 0 radical (unpaired) electrons. The minimum Gasteiger partial charge on any atom is -0.356 e. The van der Waals surface area contributed by atoms with Crippen LogP contribution in [0.4, 0.5) is 5.82 Å². The van der Waals surface area contributed by atoms with Crippen molar-refractivity contribution in [3.63, 3.8) is 0 Å². The fourth-order valence-corrected chi connectivity index (χ4v) is 3.69. The molecular formula is C16H18N6OS. The number of hydrogen-bond donors (Lipinski definition) is 1. The largest absolute Gasteiger partial charge is 0.356 e. The number of nitrogens with zero attached hydrogens (tertiary/aromatic N) is 5. The Hall–Kier alpha value is -2.48. The lowest BCUT2D eigenvalue weighted by atomic mass is 10.0. The van der Waals surface area contributed by atoms with Gasteiger partial charge in [-0.2, -0.15) is 25.9 Å². The maximum absolute atomic E-state index is 12.2. The molecule has 0 saturated carbocycles. The summed E-state index contributed by atoms with van der Waals surface area (Å²) < 4.78 is 1.78. The lowest BCUT2D eigenvalue weighted by molar-refractivity contribution is 0.0931. The first-order valence-corrected chi connectivity index (χ1v) is 8.90. The number of nitrogens with one attached hydrogen (secondary N) is 1. The van der Waals surface area contributed by atoms with Gasteiger partial charge in [-0.25, -0.2) is 4.98 Å². The van der Waals surface area contributed by atoms with Crippen LogP contribution in [0.3, 0.4) is 0 Å². The highest BCUT2D eigenvalue weighted by molar-refractivity contribution is 7.08. The Balaban J connectivity index is 1.44. The van der Waals surface area contributed by atoms with Crippen molar-refractivity contribution in [2.75, 3.05) is 18.0 Å². The minimum atomic E-state index is 0.0214. The number of amides is 1. The molecule has 1 fully saturated rings. The van der Waals surface area contributed by atoms with Crippen molar-refractivity contribution < 1.29 is 4.79 Å². The van der Waals surface area contributed by atoms with E-state index in [-0.39, 0.29) is 11.9 Å². The Kier molecular flexibility index (Phi) is 3.89. The van der Waals surface area contributed by atoms with Gasteiger partial charge in [-0.3, -0.25) is 4.79 Å². The number of aromatic nitrogens is 4. The lowest BCUT2D eigenvalue weighted by Crippen LogP contribution is -2.45. The van der Waals surface area contributed by atoms with Gasteiger partial charge in [-0.15, -0.1) is 0 Å². The van der Waals surface area contributed by atoms with Gasteiger partial charge in [0.05, 0.1) is 0 Å². The second-order valence-electron chi connectivity index (χ2n) is 5.97. The van der Waals surface area contributed by atoms with Crippen molar-refractivity contribution in [1.29, 1.82) is 0 Å². The molecular weight excluding hydrogens is 324 g/mol. The van der Waals surface area contributed by atoms with Crippen LogP contribution in [0, 0.1) is 6.92 Å². The molecule has 0 aliphatic carbocycles. The number of carbonyl (C=O) groups excluding carboxylic acids is 1. The summed E-state index contributed by atoms with van der Waals surface area (Å²) in [6.45, 7) is 3.70. The number of carbonyl (C=O) groups is 1. The second-order valence-corrected chi connectivity index (χ2v) is 6.75. The highest BCUT2D eigenvalue weighted by atomic mass is 32.1. The number of fused-ring (bicyclic) bond motifs is 1. The van der Waals surface area contributed by atoms with Gasteiger partial charge in [0.25, 0.3) is 11.7 Å². The summed E-state index contributed by atoms with van der Waals surface area (Å²) in [5.41, 5.74) is 1.68. The van der Waals surface area contributed by atoms with Crippen LogP contribution >= 0.6 is 11.3 Å². The van der Waals surface area contributed by atoms with Crippen LogP contribution in [-0.2, 0) is 0 Å². The molecule has 0 bridgehead atoms. The van der Waals surface area contributed by atoms with Crippen molar-refractivity contribution in [3.8, 4) is 0 Å². The van der Waals surface area contributed by atoms with E-state index in [9.17, 15) is 4.79 Å². The number of piperidine rings is 1. The molecule has 1 amide bonds. The first-order chi connectivity index (χ1) is 11.7. The highest BCUT2D eigenvalue weighted by Gasteiger charge is 2.23. The van der Waals surface area contributed by atoms with Crippen molar-refractivity contribution in [2.24, 2.45) is 0 Å². The fraction of sp³-hybridized carbons (Fsp3) is 0.375. The molecule has 0 aromatic carbocycles. The van der Waals surface area contributed by atoms with Crippen LogP contribution in [0.2, 0.25) is 0 Å². The molecule has 0 spiro atoms. The summed E-state index contributed by atoms with van der Waals surface area (Å²) in [6, 6.07) is 4.10. The molecule has 7 nitrogen and oxygen atoms in total. The van der Waals surface area contributed by atoms with E-state index in [1.54, 1.807) is 15.9 Å². The molecule has 0 unspecified atom stereocenters. The second kappa shape index (κ2) is 6.20. The van der Waals surface area contributed by atoms with Crippen LogP contribution in [0.1, 0.15) is 28.9 Å². The summed E-state index contributed by atoms with van der Waals surface area (Å²) in [5.74, 6) is 1.66. The standard InChI is InChI=1S/C16H18N6OS/c1-11-8-14(22-16(19-11)17-10-18-22)21-5-2-13(3-6-21)20-15(23)12-4-7-24-9-12/h4,7-10,13H,2-3,5-6H2,1H3,(H,20,23). The molecule has 8 heteroatoms. The van der Waals surface area contributed by atoms with Gasteiger partial charge in [0, 0.05) is 41.8 Å². The predicted molar refractivity (Wildman–Crippen MR) is 92.5 cm³/mol. The number of thiophene rings is 1. The van der Waals surface area contributed by atoms with Crippen molar-refractivity contribution >= 4 is 28.8 Å². The van der Waals surface area contributed by atoms with E-state index in [0.717, 1.165) is 43.0 Å².